The largest absolute Gasteiger partial charge is 0.426 e. The molecular formula is C24H35NO2. The van der Waals surface area contributed by atoms with E-state index in [-0.39, 0.29) is 17.8 Å². The van der Waals surface area contributed by atoms with Crippen molar-refractivity contribution in [3.63, 3.8) is 0 Å². The van der Waals surface area contributed by atoms with Crippen LogP contribution >= 0.6 is 0 Å². The highest BCUT2D eigenvalue weighted by Crippen LogP contribution is 2.33. The minimum atomic E-state index is -0.0735. The molecule has 3 nitrogen and oxygen atoms in total. The smallest absolute Gasteiger partial charge is 0.314 e. The molecule has 1 saturated carbocycles. The lowest BCUT2D eigenvalue weighted by Crippen LogP contribution is -2.25. The van der Waals surface area contributed by atoms with Crippen molar-refractivity contribution in [2.75, 3.05) is 0 Å². The molecule has 0 radical (unpaired) electrons. The molecule has 0 spiro atoms. The van der Waals surface area contributed by atoms with Crippen LogP contribution in [0, 0.1) is 29.1 Å². The van der Waals surface area contributed by atoms with Crippen molar-refractivity contribution in [1.82, 2.24) is 0 Å². The van der Waals surface area contributed by atoms with Gasteiger partial charge >= 0.3 is 5.97 Å². The third-order valence-electron chi connectivity index (χ3n) is 5.84. The lowest BCUT2D eigenvalue weighted by atomic mass is 9.80. The quantitative estimate of drug-likeness (QED) is 0.270. The zero-order valence-corrected chi connectivity index (χ0v) is 17.1. The summed E-state index contributed by atoms with van der Waals surface area (Å²) in [6, 6.07) is 10.1. The first kappa shape index (κ1) is 21.5. The molecule has 27 heavy (non-hydrogen) atoms. The van der Waals surface area contributed by atoms with Crippen molar-refractivity contribution in [3.8, 4) is 11.8 Å². The maximum atomic E-state index is 12.5. The number of nitriles is 1. The van der Waals surface area contributed by atoms with E-state index in [0.717, 1.165) is 56.4 Å². The van der Waals surface area contributed by atoms with Gasteiger partial charge in [-0.2, -0.15) is 5.26 Å². The number of carbonyl (C=O) groups excluding carboxylic acids is 1. The van der Waals surface area contributed by atoms with E-state index in [1.54, 1.807) is 0 Å². The van der Waals surface area contributed by atoms with Crippen molar-refractivity contribution >= 4 is 5.97 Å². The molecule has 1 fully saturated rings. The number of hydrogen-bond donors (Lipinski definition) is 0. The Bertz CT molecular complexity index is 594. The van der Waals surface area contributed by atoms with Gasteiger partial charge in [0.25, 0.3) is 0 Å². The van der Waals surface area contributed by atoms with Gasteiger partial charge in [0.1, 0.15) is 5.75 Å². The van der Waals surface area contributed by atoms with Crippen LogP contribution in [0.25, 0.3) is 0 Å². The van der Waals surface area contributed by atoms with E-state index in [2.05, 4.69) is 19.9 Å². The zero-order valence-electron chi connectivity index (χ0n) is 17.1. The molecule has 1 aromatic rings. The zero-order chi connectivity index (χ0) is 19.5. The van der Waals surface area contributed by atoms with Crippen molar-refractivity contribution < 1.29 is 9.53 Å². The molecule has 1 unspecified atom stereocenters. The Morgan fingerprint density at radius 3 is 2.41 bits per heavy atom. The van der Waals surface area contributed by atoms with E-state index >= 15 is 0 Å². The lowest BCUT2D eigenvalue weighted by Gasteiger charge is -2.27. The number of carbonyl (C=O) groups is 1. The molecule has 3 heteroatoms. The van der Waals surface area contributed by atoms with Crippen LogP contribution in [-0.2, 0) is 11.2 Å². The first-order chi connectivity index (χ1) is 13.2. The third-order valence-corrected chi connectivity index (χ3v) is 5.84. The summed E-state index contributed by atoms with van der Waals surface area (Å²) >= 11 is 0. The number of hydrogen-bond acceptors (Lipinski definition) is 3. The van der Waals surface area contributed by atoms with E-state index in [0.29, 0.717) is 5.75 Å². The van der Waals surface area contributed by atoms with Crippen LogP contribution in [0.2, 0.25) is 0 Å². The summed E-state index contributed by atoms with van der Waals surface area (Å²) in [5.41, 5.74) is 1.13. The highest BCUT2D eigenvalue weighted by atomic mass is 16.5. The second-order valence-corrected chi connectivity index (χ2v) is 8.10. The Kier molecular flexibility index (Phi) is 9.39. The van der Waals surface area contributed by atoms with E-state index < -0.39 is 0 Å². The van der Waals surface area contributed by atoms with Crippen LogP contribution in [-0.4, -0.2) is 5.97 Å². The second-order valence-electron chi connectivity index (χ2n) is 8.10. The summed E-state index contributed by atoms with van der Waals surface area (Å²) in [6.07, 6.45) is 12.2. The molecule has 0 N–H and O–H groups in total. The molecule has 0 aromatic heterocycles. The Morgan fingerprint density at radius 2 is 1.81 bits per heavy atom. The lowest BCUT2D eigenvalue weighted by molar-refractivity contribution is -0.140. The average molecular weight is 370 g/mol. The van der Waals surface area contributed by atoms with Gasteiger partial charge in [0.2, 0.25) is 0 Å². The highest BCUT2D eigenvalue weighted by molar-refractivity contribution is 5.75. The summed E-state index contributed by atoms with van der Waals surface area (Å²) in [4.78, 5) is 12.5. The van der Waals surface area contributed by atoms with Crippen LogP contribution in [0.5, 0.6) is 5.75 Å². The van der Waals surface area contributed by atoms with Gasteiger partial charge in [-0.15, -0.1) is 0 Å². The molecule has 0 saturated heterocycles. The van der Waals surface area contributed by atoms with Gasteiger partial charge in [-0.05, 0) is 62.1 Å². The second kappa shape index (κ2) is 11.8. The molecule has 1 aliphatic carbocycles. The van der Waals surface area contributed by atoms with E-state index in [1.165, 1.54) is 25.7 Å². The van der Waals surface area contributed by atoms with Crippen molar-refractivity contribution in [2.24, 2.45) is 17.8 Å². The first-order valence-corrected chi connectivity index (χ1v) is 10.9. The number of benzene rings is 1. The topological polar surface area (TPSA) is 50.1 Å². The summed E-state index contributed by atoms with van der Waals surface area (Å²) in [5.74, 6) is 1.47. The van der Waals surface area contributed by atoms with Crippen LogP contribution in [0.15, 0.2) is 24.3 Å². The SMILES string of the molecule is CCCCCC1CCC(C(=O)Oc2ccc(CC(C#N)CCC)cc2)CC1. The molecule has 0 aliphatic heterocycles. The van der Waals surface area contributed by atoms with Crippen molar-refractivity contribution in [2.45, 2.75) is 84.5 Å². The number of nitrogens with zero attached hydrogens (tertiary/aromatic N) is 1. The Balaban J connectivity index is 1.77. The van der Waals surface area contributed by atoms with Gasteiger partial charge in [0, 0.05) is 0 Å². The number of unbranched alkanes of at least 4 members (excludes halogenated alkanes) is 2. The van der Waals surface area contributed by atoms with Gasteiger partial charge in [-0.3, -0.25) is 4.79 Å². The molecule has 0 amide bonds. The van der Waals surface area contributed by atoms with Crippen molar-refractivity contribution in [3.05, 3.63) is 29.8 Å². The summed E-state index contributed by atoms with van der Waals surface area (Å²) in [6.45, 7) is 4.35. The van der Waals surface area contributed by atoms with Gasteiger partial charge in [0.15, 0.2) is 0 Å². The Morgan fingerprint density at radius 1 is 1.11 bits per heavy atom. The molecule has 1 aliphatic rings. The fourth-order valence-electron chi connectivity index (χ4n) is 4.11. The average Bonchev–Trinajstić information content (AvgIpc) is 2.69. The van der Waals surface area contributed by atoms with Crippen LogP contribution < -0.4 is 4.74 Å². The van der Waals surface area contributed by atoms with Gasteiger partial charge in [-0.25, -0.2) is 0 Å². The van der Waals surface area contributed by atoms with Gasteiger partial charge in [0.05, 0.1) is 17.9 Å². The number of esters is 1. The van der Waals surface area contributed by atoms with Crippen LogP contribution in [0.1, 0.15) is 83.6 Å². The predicted octanol–water partition coefficient (Wildman–Crippen LogP) is 6.46. The van der Waals surface area contributed by atoms with E-state index in [4.69, 9.17) is 4.74 Å². The third kappa shape index (κ3) is 7.37. The number of ether oxygens (including phenoxy) is 1. The minimum Gasteiger partial charge on any atom is -0.426 e. The molecule has 1 aromatic carbocycles. The van der Waals surface area contributed by atoms with Crippen molar-refractivity contribution in [1.29, 1.82) is 5.26 Å². The predicted molar refractivity (Wildman–Crippen MR) is 109 cm³/mol. The van der Waals surface area contributed by atoms with E-state index in [9.17, 15) is 10.1 Å². The standard InChI is InChI=1S/C24H35NO2/c1-3-5-6-8-19-9-13-22(14-10-19)24(26)27-23-15-11-20(12-16-23)17-21(18-25)7-4-2/h11-12,15-16,19,21-22H,3-10,13-14,17H2,1-2H3. The van der Waals surface area contributed by atoms with Gasteiger partial charge in [-0.1, -0.05) is 58.1 Å². The fourth-order valence-corrected chi connectivity index (χ4v) is 4.11. The molecular weight excluding hydrogens is 334 g/mol. The molecule has 0 heterocycles. The summed E-state index contributed by atoms with van der Waals surface area (Å²) in [7, 11) is 0. The molecule has 148 valence electrons. The summed E-state index contributed by atoms with van der Waals surface area (Å²) in [5, 5.41) is 9.20. The summed E-state index contributed by atoms with van der Waals surface area (Å²) < 4.78 is 5.62. The normalized spacial score (nSPS) is 20.6. The van der Waals surface area contributed by atoms with Crippen LogP contribution in [0.4, 0.5) is 0 Å². The molecule has 1 atom stereocenters. The highest BCUT2D eigenvalue weighted by Gasteiger charge is 2.27. The first-order valence-electron chi connectivity index (χ1n) is 10.9. The Labute approximate surface area is 165 Å². The van der Waals surface area contributed by atoms with Gasteiger partial charge < -0.3 is 4.74 Å². The molecule has 0 bridgehead atoms. The maximum Gasteiger partial charge on any atom is 0.314 e. The monoisotopic (exact) mass is 369 g/mol. The van der Waals surface area contributed by atoms with Crippen LogP contribution in [0.3, 0.4) is 0 Å². The number of rotatable bonds is 10. The molecule has 2 rings (SSSR count). The minimum absolute atomic E-state index is 0.0552. The van der Waals surface area contributed by atoms with E-state index in [1.807, 2.05) is 24.3 Å². The maximum absolute atomic E-state index is 12.5. The Hall–Kier alpha value is -1.82. The fraction of sp³-hybridized carbons (Fsp3) is 0.667.